The zero-order chi connectivity index (χ0) is 12.8. The molecule has 1 amide bonds. The molecule has 2 atom stereocenters. The van der Waals surface area contributed by atoms with Gasteiger partial charge in [0.05, 0.1) is 5.41 Å². The number of rotatable bonds is 5. The molecule has 3 heteroatoms. The molecule has 0 aromatic rings. The zero-order valence-corrected chi connectivity index (χ0v) is 11.5. The third kappa shape index (κ3) is 2.42. The standard InChI is InChI=1S/C15H26N2O/c1-15(8-2-3-13(15)16)14(18)17(9-11-4-5-11)10-12-6-7-12/h11-13H,2-10,16H2,1H3. The minimum absolute atomic E-state index is 0.0749. The van der Waals surface area contributed by atoms with Crippen LogP contribution in [0.2, 0.25) is 0 Å². The SMILES string of the molecule is CC1(C(=O)N(CC2CC2)CC2CC2)CCCC1N. The number of carbonyl (C=O) groups is 1. The predicted molar refractivity (Wildman–Crippen MR) is 72.0 cm³/mol. The van der Waals surface area contributed by atoms with Crippen LogP contribution in [-0.2, 0) is 4.79 Å². The van der Waals surface area contributed by atoms with Crippen LogP contribution in [0.5, 0.6) is 0 Å². The van der Waals surface area contributed by atoms with Crippen LogP contribution in [0.3, 0.4) is 0 Å². The molecule has 3 rings (SSSR count). The van der Waals surface area contributed by atoms with Crippen LogP contribution in [0.25, 0.3) is 0 Å². The van der Waals surface area contributed by atoms with Gasteiger partial charge in [-0.3, -0.25) is 4.79 Å². The van der Waals surface area contributed by atoms with Crippen molar-refractivity contribution in [2.45, 2.75) is 57.9 Å². The van der Waals surface area contributed by atoms with Gasteiger partial charge in [0.2, 0.25) is 5.91 Å². The first-order valence-corrected chi connectivity index (χ1v) is 7.64. The van der Waals surface area contributed by atoms with Crippen molar-refractivity contribution < 1.29 is 4.79 Å². The lowest BCUT2D eigenvalue weighted by atomic mass is 9.83. The van der Waals surface area contributed by atoms with Gasteiger partial charge in [0.15, 0.2) is 0 Å². The number of hydrogen-bond acceptors (Lipinski definition) is 2. The van der Waals surface area contributed by atoms with Crippen molar-refractivity contribution in [1.82, 2.24) is 4.90 Å². The molecule has 3 fully saturated rings. The van der Waals surface area contributed by atoms with Gasteiger partial charge in [-0.1, -0.05) is 6.42 Å². The quantitative estimate of drug-likeness (QED) is 0.812. The van der Waals surface area contributed by atoms with Crippen LogP contribution in [0.4, 0.5) is 0 Å². The van der Waals surface area contributed by atoms with Gasteiger partial charge in [-0.15, -0.1) is 0 Å². The molecule has 3 saturated carbocycles. The summed E-state index contributed by atoms with van der Waals surface area (Å²) in [5.41, 5.74) is 5.92. The summed E-state index contributed by atoms with van der Waals surface area (Å²) in [5, 5.41) is 0. The number of amides is 1. The van der Waals surface area contributed by atoms with Crippen molar-refractivity contribution in [2.75, 3.05) is 13.1 Å². The average molecular weight is 250 g/mol. The Bertz CT molecular complexity index is 321. The normalized spacial score (nSPS) is 35.8. The topological polar surface area (TPSA) is 46.3 Å². The number of nitrogens with two attached hydrogens (primary N) is 1. The molecular weight excluding hydrogens is 224 g/mol. The van der Waals surface area contributed by atoms with Crippen molar-refractivity contribution in [3.8, 4) is 0 Å². The fourth-order valence-electron chi connectivity index (χ4n) is 3.28. The van der Waals surface area contributed by atoms with E-state index in [4.69, 9.17) is 5.73 Å². The summed E-state index contributed by atoms with van der Waals surface area (Å²) in [6.07, 6.45) is 8.38. The smallest absolute Gasteiger partial charge is 0.230 e. The van der Waals surface area contributed by atoms with Crippen molar-refractivity contribution in [3.63, 3.8) is 0 Å². The first kappa shape index (κ1) is 12.5. The molecule has 3 aliphatic rings. The summed E-state index contributed by atoms with van der Waals surface area (Å²) < 4.78 is 0. The summed E-state index contributed by atoms with van der Waals surface area (Å²) in [6.45, 7) is 4.09. The van der Waals surface area contributed by atoms with E-state index in [1.54, 1.807) is 0 Å². The van der Waals surface area contributed by atoms with E-state index in [0.717, 1.165) is 44.2 Å². The first-order valence-electron chi connectivity index (χ1n) is 7.64. The van der Waals surface area contributed by atoms with Crippen LogP contribution >= 0.6 is 0 Å². The molecular formula is C15H26N2O. The van der Waals surface area contributed by atoms with Gasteiger partial charge in [-0.25, -0.2) is 0 Å². The van der Waals surface area contributed by atoms with E-state index in [2.05, 4.69) is 11.8 Å². The van der Waals surface area contributed by atoms with Crippen molar-refractivity contribution in [3.05, 3.63) is 0 Å². The molecule has 0 aliphatic heterocycles. The highest BCUT2D eigenvalue weighted by Crippen LogP contribution is 2.41. The number of hydrogen-bond donors (Lipinski definition) is 1. The number of nitrogens with zero attached hydrogens (tertiary/aromatic N) is 1. The van der Waals surface area contributed by atoms with E-state index in [1.807, 2.05) is 0 Å². The van der Waals surface area contributed by atoms with Crippen LogP contribution in [0.1, 0.15) is 51.9 Å². The maximum absolute atomic E-state index is 12.9. The van der Waals surface area contributed by atoms with Crippen LogP contribution < -0.4 is 5.73 Å². The van der Waals surface area contributed by atoms with E-state index in [0.29, 0.717) is 5.91 Å². The fourth-order valence-corrected chi connectivity index (χ4v) is 3.28. The Labute approximate surface area is 110 Å². The Morgan fingerprint density at radius 3 is 2.11 bits per heavy atom. The van der Waals surface area contributed by atoms with Gasteiger partial charge < -0.3 is 10.6 Å². The minimum atomic E-state index is -0.274. The second kappa shape index (κ2) is 4.52. The molecule has 2 unspecified atom stereocenters. The molecule has 0 aromatic heterocycles. The largest absolute Gasteiger partial charge is 0.342 e. The maximum atomic E-state index is 12.9. The molecule has 0 spiro atoms. The number of carbonyl (C=O) groups excluding carboxylic acids is 1. The first-order chi connectivity index (χ1) is 8.59. The highest BCUT2D eigenvalue weighted by Gasteiger charge is 2.46. The summed E-state index contributed by atoms with van der Waals surface area (Å²) >= 11 is 0. The Morgan fingerprint density at radius 2 is 1.72 bits per heavy atom. The van der Waals surface area contributed by atoms with Crippen molar-refractivity contribution in [1.29, 1.82) is 0 Å². The lowest BCUT2D eigenvalue weighted by Gasteiger charge is -2.34. The van der Waals surface area contributed by atoms with E-state index in [-0.39, 0.29) is 11.5 Å². The highest BCUT2D eigenvalue weighted by atomic mass is 16.2. The van der Waals surface area contributed by atoms with Gasteiger partial charge in [-0.05, 0) is 57.3 Å². The molecule has 18 heavy (non-hydrogen) atoms. The maximum Gasteiger partial charge on any atom is 0.230 e. The molecule has 0 heterocycles. The summed E-state index contributed by atoms with van der Waals surface area (Å²) in [7, 11) is 0. The lowest BCUT2D eigenvalue weighted by molar-refractivity contribution is -0.142. The van der Waals surface area contributed by atoms with Gasteiger partial charge in [0.1, 0.15) is 0 Å². The second-order valence-corrected chi connectivity index (χ2v) is 7.01. The Hall–Kier alpha value is -0.570. The zero-order valence-electron chi connectivity index (χ0n) is 11.5. The van der Waals surface area contributed by atoms with E-state index < -0.39 is 0 Å². The fraction of sp³-hybridized carbons (Fsp3) is 0.933. The van der Waals surface area contributed by atoms with Crippen molar-refractivity contribution in [2.24, 2.45) is 23.0 Å². The highest BCUT2D eigenvalue weighted by molar-refractivity contribution is 5.83. The third-order valence-corrected chi connectivity index (χ3v) is 5.16. The Morgan fingerprint density at radius 1 is 1.17 bits per heavy atom. The second-order valence-electron chi connectivity index (χ2n) is 7.01. The molecule has 0 saturated heterocycles. The molecule has 0 radical (unpaired) electrons. The summed E-state index contributed by atoms with van der Waals surface area (Å²) in [4.78, 5) is 15.0. The minimum Gasteiger partial charge on any atom is -0.342 e. The lowest BCUT2D eigenvalue weighted by Crippen LogP contribution is -2.50. The predicted octanol–water partition coefficient (Wildman–Crippen LogP) is 2.15. The van der Waals surface area contributed by atoms with Crippen molar-refractivity contribution >= 4 is 5.91 Å². The molecule has 102 valence electrons. The van der Waals surface area contributed by atoms with Gasteiger partial charge in [-0.2, -0.15) is 0 Å². The van der Waals surface area contributed by atoms with Gasteiger partial charge >= 0.3 is 0 Å². The molecule has 3 nitrogen and oxygen atoms in total. The average Bonchev–Trinajstić information content (AvgIpc) is 3.23. The van der Waals surface area contributed by atoms with Gasteiger partial charge in [0.25, 0.3) is 0 Å². The van der Waals surface area contributed by atoms with E-state index in [1.165, 1.54) is 25.7 Å². The Kier molecular flexibility index (Phi) is 3.13. The van der Waals surface area contributed by atoms with Crippen LogP contribution in [0, 0.1) is 17.3 Å². The monoisotopic (exact) mass is 250 g/mol. The van der Waals surface area contributed by atoms with E-state index >= 15 is 0 Å². The van der Waals surface area contributed by atoms with Crippen LogP contribution in [0.15, 0.2) is 0 Å². The molecule has 3 aliphatic carbocycles. The Balaban J connectivity index is 1.68. The van der Waals surface area contributed by atoms with Crippen LogP contribution in [-0.4, -0.2) is 29.9 Å². The van der Waals surface area contributed by atoms with Gasteiger partial charge in [0, 0.05) is 19.1 Å². The summed E-state index contributed by atoms with van der Waals surface area (Å²) in [5.74, 6) is 1.93. The molecule has 0 aromatic carbocycles. The third-order valence-electron chi connectivity index (χ3n) is 5.16. The molecule has 2 N–H and O–H groups in total. The summed E-state index contributed by atoms with van der Waals surface area (Å²) in [6, 6.07) is 0.0749. The molecule has 0 bridgehead atoms. The van der Waals surface area contributed by atoms with E-state index in [9.17, 15) is 4.79 Å².